The lowest BCUT2D eigenvalue weighted by atomic mass is 10.2. The number of rotatable bonds is 4. The second kappa shape index (κ2) is 5.75. The molecule has 1 aromatic heterocycles. The Morgan fingerprint density at radius 3 is 2.55 bits per heavy atom. The fraction of sp³-hybridized carbons (Fsp3) is 0.400. The van der Waals surface area contributed by atoms with E-state index in [1.165, 1.54) is 11.3 Å². The molecule has 0 spiro atoms. The Bertz CT molecular complexity index is 617. The second-order valence-electron chi connectivity index (χ2n) is 5.16. The highest BCUT2D eigenvalue weighted by Crippen LogP contribution is 2.32. The zero-order valence-electron chi connectivity index (χ0n) is 12.7. The molecule has 2 aromatic rings. The molecule has 4 nitrogen and oxygen atoms in total. The van der Waals surface area contributed by atoms with Crippen LogP contribution in [0.1, 0.15) is 17.0 Å². The minimum atomic E-state index is 0.743. The zero-order chi connectivity index (χ0) is 14.9. The van der Waals surface area contributed by atoms with Gasteiger partial charge in [0.05, 0.1) is 22.1 Å². The maximum absolute atomic E-state index is 6.27. The lowest BCUT2D eigenvalue weighted by Crippen LogP contribution is -2.13. The van der Waals surface area contributed by atoms with Gasteiger partial charge in [0.1, 0.15) is 0 Å². The topological polar surface area (TPSA) is 33.1 Å². The van der Waals surface area contributed by atoms with Crippen LogP contribution in [0.3, 0.4) is 0 Å². The van der Waals surface area contributed by atoms with Crippen molar-refractivity contribution in [3.8, 4) is 0 Å². The van der Waals surface area contributed by atoms with Crippen LogP contribution in [0.2, 0.25) is 5.02 Å². The van der Waals surface area contributed by atoms with E-state index in [0.29, 0.717) is 0 Å². The Morgan fingerprint density at radius 1 is 1.30 bits per heavy atom. The van der Waals surface area contributed by atoms with Crippen LogP contribution in [0.4, 0.5) is 11.4 Å². The Hall–Kier alpha value is -1.68. The molecule has 0 amide bonds. The largest absolute Gasteiger partial charge is 0.379 e. The molecule has 2 rings (SSSR count). The van der Waals surface area contributed by atoms with Gasteiger partial charge in [-0.25, -0.2) is 0 Å². The molecule has 0 atom stereocenters. The SMILES string of the molecule is Cc1nn(C)c(C)c1CNc1cccc(Cl)c1N(C)C. The number of benzene rings is 1. The molecule has 0 fully saturated rings. The third-order valence-electron chi connectivity index (χ3n) is 3.55. The second-order valence-corrected chi connectivity index (χ2v) is 5.56. The van der Waals surface area contributed by atoms with Crippen LogP contribution in [0.5, 0.6) is 0 Å². The standard InChI is InChI=1S/C15H21ClN4/c1-10-12(11(2)20(5)18-10)9-17-14-8-6-7-13(16)15(14)19(3)4/h6-8,17H,9H2,1-5H3. The molecule has 0 unspecified atom stereocenters. The summed E-state index contributed by atoms with van der Waals surface area (Å²) in [6, 6.07) is 5.91. The first kappa shape index (κ1) is 14.7. The summed E-state index contributed by atoms with van der Waals surface area (Å²) in [7, 11) is 5.95. The highest BCUT2D eigenvalue weighted by Gasteiger charge is 2.12. The van der Waals surface area contributed by atoms with Gasteiger partial charge in [0.15, 0.2) is 0 Å². The van der Waals surface area contributed by atoms with Crippen LogP contribution in [0, 0.1) is 13.8 Å². The molecule has 0 aliphatic heterocycles. The molecule has 0 aliphatic rings. The molecule has 0 saturated heterocycles. The van der Waals surface area contributed by atoms with Crippen molar-refractivity contribution in [2.24, 2.45) is 7.05 Å². The van der Waals surface area contributed by atoms with Gasteiger partial charge in [-0.15, -0.1) is 0 Å². The van der Waals surface area contributed by atoms with Crippen molar-refractivity contribution in [1.29, 1.82) is 0 Å². The van der Waals surface area contributed by atoms with E-state index in [2.05, 4.69) is 17.3 Å². The molecule has 0 radical (unpaired) electrons. The molecular formula is C15H21ClN4. The van der Waals surface area contributed by atoms with Crippen molar-refractivity contribution < 1.29 is 0 Å². The van der Waals surface area contributed by atoms with Crippen LogP contribution in [0.15, 0.2) is 18.2 Å². The van der Waals surface area contributed by atoms with Crippen LogP contribution in [-0.4, -0.2) is 23.9 Å². The van der Waals surface area contributed by atoms with Crippen molar-refractivity contribution in [3.63, 3.8) is 0 Å². The fourth-order valence-electron chi connectivity index (χ4n) is 2.37. The van der Waals surface area contributed by atoms with E-state index in [9.17, 15) is 0 Å². The number of para-hydroxylation sites is 1. The fourth-order valence-corrected chi connectivity index (χ4v) is 2.71. The Kier molecular flexibility index (Phi) is 4.23. The van der Waals surface area contributed by atoms with Gasteiger partial charge in [0, 0.05) is 38.9 Å². The van der Waals surface area contributed by atoms with E-state index >= 15 is 0 Å². The van der Waals surface area contributed by atoms with E-state index in [0.717, 1.165) is 28.6 Å². The summed E-state index contributed by atoms with van der Waals surface area (Å²) in [5.74, 6) is 0. The summed E-state index contributed by atoms with van der Waals surface area (Å²) in [6.45, 7) is 4.86. The number of aromatic nitrogens is 2. The Labute approximate surface area is 125 Å². The predicted molar refractivity (Wildman–Crippen MR) is 85.8 cm³/mol. The van der Waals surface area contributed by atoms with Crippen molar-refractivity contribution in [2.75, 3.05) is 24.3 Å². The molecule has 1 aromatic carbocycles. The van der Waals surface area contributed by atoms with Crippen LogP contribution in [-0.2, 0) is 13.6 Å². The first-order chi connectivity index (χ1) is 9.41. The average molecular weight is 293 g/mol. The third-order valence-corrected chi connectivity index (χ3v) is 3.85. The van der Waals surface area contributed by atoms with Gasteiger partial charge in [0.2, 0.25) is 0 Å². The number of hydrogen-bond acceptors (Lipinski definition) is 3. The number of halogens is 1. The summed E-state index contributed by atoms with van der Waals surface area (Å²) in [5.41, 5.74) is 5.52. The molecule has 0 saturated carbocycles. The van der Waals surface area contributed by atoms with Gasteiger partial charge in [-0.1, -0.05) is 17.7 Å². The van der Waals surface area contributed by atoms with Crippen LogP contribution < -0.4 is 10.2 Å². The van der Waals surface area contributed by atoms with Gasteiger partial charge >= 0.3 is 0 Å². The highest BCUT2D eigenvalue weighted by atomic mass is 35.5. The summed E-state index contributed by atoms with van der Waals surface area (Å²) < 4.78 is 1.91. The van der Waals surface area contributed by atoms with Crippen molar-refractivity contribution in [1.82, 2.24) is 9.78 Å². The minimum Gasteiger partial charge on any atom is -0.379 e. The number of aryl methyl sites for hydroxylation is 2. The summed E-state index contributed by atoms with van der Waals surface area (Å²) in [5, 5.41) is 8.66. The zero-order valence-corrected chi connectivity index (χ0v) is 13.4. The lowest BCUT2D eigenvalue weighted by Gasteiger charge is -2.20. The molecule has 1 N–H and O–H groups in total. The van der Waals surface area contributed by atoms with Gasteiger partial charge in [0.25, 0.3) is 0 Å². The van der Waals surface area contributed by atoms with E-state index in [4.69, 9.17) is 11.6 Å². The normalized spacial score (nSPS) is 10.7. The molecule has 108 valence electrons. The quantitative estimate of drug-likeness (QED) is 0.938. The molecule has 5 heteroatoms. The minimum absolute atomic E-state index is 0.743. The number of nitrogens with one attached hydrogen (secondary N) is 1. The van der Waals surface area contributed by atoms with E-state index in [-0.39, 0.29) is 0 Å². The number of nitrogens with zero attached hydrogens (tertiary/aromatic N) is 3. The predicted octanol–water partition coefficient (Wildman–Crippen LogP) is 3.37. The lowest BCUT2D eigenvalue weighted by molar-refractivity contribution is 0.730. The summed E-state index contributed by atoms with van der Waals surface area (Å²) >= 11 is 6.27. The molecular weight excluding hydrogens is 272 g/mol. The highest BCUT2D eigenvalue weighted by molar-refractivity contribution is 6.34. The smallest absolute Gasteiger partial charge is 0.0786 e. The molecule has 1 heterocycles. The number of hydrogen-bond donors (Lipinski definition) is 1. The van der Waals surface area contributed by atoms with Crippen molar-refractivity contribution in [3.05, 3.63) is 40.2 Å². The monoisotopic (exact) mass is 292 g/mol. The van der Waals surface area contributed by atoms with Gasteiger partial charge in [-0.2, -0.15) is 5.10 Å². The maximum atomic E-state index is 6.27. The van der Waals surface area contributed by atoms with E-state index in [1.54, 1.807) is 0 Å². The molecule has 20 heavy (non-hydrogen) atoms. The van der Waals surface area contributed by atoms with Crippen molar-refractivity contribution >= 4 is 23.0 Å². The summed E-state index contributed by atoms with van der Waals surface area (Å²) in [6.07, 6.45) is 0. The maximum Gasteiger partial charge on any atom is 0.0786 e. The average Bonchev–Trinajstić information content (AvgIpc) is 2.61. The van der Waals surface area contributed by atoms with E-state index in [1.807, 2.05) is 55.8 Å². The summed E-state index contributed by atoms with van der Waals surface area (Å²) in [4.78, 5) is 2.02. The Balaban J connectivity index is 2.25. The van der Waals surface area contributed by atoms with Crippen molar-refractivity contribution in [2.45, 2.75) is 20.4 Å². The molecule has 0 aliphatic carbocycles. The van der Waals surface area contributed by atoms with E-state index < -0.39 is 0 Å². The van der Waals surface area contributed by atoms with Gasteiger partial charge in [-0.3, -0.25) is 4.68 Å². The third kappa shape index (κ3) is 2.75. The van der Waals surface area contributed by atoms with Crippen LogP contribution in [0.25, 0.3) is 0 Å². The molecule has 0 bridgehead atoms. The Morgan fingerprint density at radius 2 is 2.00 bits per heavy atom. The first-order valence-electron chi connectivity index (χ1n) is 6.60. The number of anilines is 2. The first-order valence-corrected chi connectivity index (χ1v) is 6.98. The van der Waals surface area contributed by atoms with Gasteiger partial charge in [-0.05, 0) is 26.0 Å². The van der Waals surface area contributed by atoms with Crippen LogP contribution >= 0.6 is 11.6 Å². The van der Waals surface area contributed by atoms with Gasteiger partial charge < -0.3 is 10.2 Å².